The summed E-state index contributed by atoms with van der Waals surface area (Å²) in [4.78, 5) is 0. The van der Waals surface area contributed by atoms with Gasteiger partial charge in [-0.1, -0.05) is 30.3 Å². The van der Waals surface area contributed by atoms with Crippen LogP contribution < -0.4 is 5.32 Å². The van der Waals surface area contributed by atoms with Gasteiger partial charge in [-0.05, 0) is 40.8 Å². The Balaban J connectivity index is 1.97. The minimum absolute atomic E-state index is 0.0274. The van der Waals surface area contributed by atoms with E-state index in [4.69, 9.17) is 15.8 Å². The van der Waals surface area contributed by atoms with Crippen LogP contribution in [0.15, 0.2) is 53.7 Å². The fourth-order valence-electron chi connectivity index (χ4n) is 2.65. The molecule has 0 heterocycles. The van der Waals surface area contributed by atoms with Crippen LogP contribution >= 0.6 is 0 Å². The first-order valence-corrected chi connectivity index (χ1v) is 6.69. The summed E-state index contributed by atoms with van der Waals surface area (Å²) in [5, 5.41) is 29.7. The number of hydrogen-bond donors (Lipinski definition) is 1. The summed E-state index contributed by atoms with van der Waals surface area (Å²) in [6, 6.07) is 19.3. The van der Waals surface area contributed by atoms with E-state index in [1.54, 1.807) is 12.1 Å². The van der Waals surface area contributed by atoms with Crippen molar-refractivity contribution >= 4 is 5.69 Å². The Labute approximate surface area is 128 Å². The number of anilines is 1. The molecular formula is C18H10N4. The third kappa shape index (κ3) is 2.18. The van der Waals surface area contributed by atoms with E-state index in [1.165, 1.54) is 22.3 Å². The average molecular weight is 282 g/mol. The van der Waals surface area contributed by atoms with Crippen LogP contribution in [-0.2, 0) is 6.42 Å². The molecule has 4 nitrogen and oxygen atoms in total. The van der Waals surface area contributed by atoms with E-state index < -0.39 is 0 Å². The van der Waals surface area contributed by atoms with E-state index in [0.29, 0.717) is 5.69 Å². The number of nitriles is 3. The Kier molecular flexibility index (Phi) is 3.32. The Morgan fingerprint density at radius 2 is 1.59 bits per heavy atom. The van der Waals surface area contributed by atoms with Gasteiger partial charge < -0.3 is 5.32 Å². The zero-order chi connectivity index (χ0) is 15.5. The summed E-state index contributed by atoms with van der Waals surface area (Å²) in [7, 11) is 0. The molecule has 0 unspecified atom stereocenters. The Hall–Kier alpha value is -3.55. The lowest BCUT2D eigenvalue weighted by Crippen LogP contribution is -2.01. The summed E-state index contributed by atoms with van der Waals surface area (Å²) < 4.78 is 0. The van der Waals surface area contributed by atoms with Crippen molar-refractivity contribution in [2.45, 2.75) is 6.42 Å². The van der Waals surface area contributed by atoms with Crippen molar-refractivity contribution in [3.8, 4) is 29.3 Å². The lowest BCUT2D eigenvalue weighted by molar-refractivity contribution is 1.26. The predicted molar refractivity (Wildman–Crippen MR) is 82.2 cm³/mol. The monoisotopic (exact) mass is 282 g/mol. The number of allylic oxidation sites excluding steroid dienone is 2. The molecule has 0 amide bonds. The van der Waals surface area contributed by atoms with Gasteiger partial charge in [-0.2, -0.15) is 15.8 Å². The SMILES string of the molecule is N#CC(C#N)=C(C#N)Nc1ccc2c(c1)Cc1ccccc1-2. The molecule has 0 aromatic heterocycles. The summed E-state index contributed by atoms with van der Waals surface area (Å²) in [5.74, 6) is 0. The second-order valence-electron chi connectivity index (χ2n) is 4.92. The van der Waals surface area contributed by atoms with Crippen LogP contribution in [0, 0.1) is 34.0 Å². The molecule has 0 saturated carbocycles. The smallest absolute Gasteiger partial charge is 0.163 e. The highest BCUT2D eigenvalue weighted by Gasteiger charge is 2.18. The van der Waals surface area contributed by atoms with Crippen LogP contribution in [0.3, 0.4) is 0 Å². The number of rotatable bonds is 2. The average Bonchev–Trinajstić information content (AvgIpc) is 2.92. The molecule has 0 aliphatic heterocycles. The molecule has 102 valence electrons. The molecular weight excluding hydrogens is 272 g/mol. The van der Waals surface area contributed by atoms with Crippen LogP contribution in [0.25, 0.3) is 11.1 Å². The normalized spacial score (nSPS) is 10.4. The maximum Gasteiger partial charge on any atom is 0.163 e. The zero-order valence-electron chi connectivity index (χ0n) is 11.6. The molecule has 2 aromatic rings. The first-order chi connectivity index (χ1) is 10.8. The van der Waals surface area contributed by atoms with Gasteiger partial charge in [0.05, 0.1) is 0 Å². The Morgan fingerprint density at radius 1 is 0.864 bits per heavy atom. The number of nitrogens with zero attached hydrogens (tertiary/aromatic N) is 3. The van der Waals surface area contributed by atoms with Gasteiger partial charge in [-0.25, -0.2) is 0 Å². The molecule has 3 rings (SSSR count). The second-order valence-corrected chi connectivity index (χ2v) is 4.92. The van der Waals surface area contributed by atoms with Crippen molar-refractivity contribution in [2.24, 2.45) is 0 Å². The fraction of sp³-hybridized carbons (Fsp3) is 0.0556. The first-order valence-electron chi connectivity index (χ1n) is 6.69. The molecule has 0 saturated heterocycles. The quantitative estimate of drug-likeness (QED) is 0.729. The summed E-state index contributed by atoms with van der Waals surface area (Å²) >= 11 is 0. The molecule has 2 aromatic carbocycles. The van der Waals surface area contributed by atoms with Crippen molar-refractivity contribution in [1.82, 2.24) is 0 Å². The molecule has 0 atom stereocenters. The lowest BCUT2D eigenvalue weighted by Gasteiger charge is -2.07. The van der Waals surface area contributed by atoms with Crippen LogP contribution in [-0.4, -0.2) is 0 Å². The number of hydrogen-bond acceptors (Lipinski definition) is 4. The highest BCUT2D eigenvalue weighted by Crippen LogP contribution is 2.37. The van der Waals surface area contributed by atoms with Crippen molar-refractivity contribution in [1.29, 1.82) is 15.8 Å². The van der Waals surface area contributed by atoms with Gasteiger partial charge in [0.2, 0.25) is 0 Å². The van der Waals surface area contributed by atoms with Gasteiger partial charge in [0.15, 0.2) is 5.57 Å². The van der Waals surface area contributed by atoms with E-state index in [2.05, 4.69) is 17.4 Å². The zero-order valence-corrected chi connectivity index (χ0v) is 11.6. The maximum absolute atomic E-state index is 9.08. The lowest BCUT2D eigenvalue weighted by atomic mass is 10.1. The fourth-order valence-corrected chi connectivity index (χ4v) is 2.65. The van der Waals surface area contributed by atoms with Crippen molar-refractivity contribution in [2.75, 3.05) is 5.32 Å². The van der Waals surface area contributed by atoms with Gasteiger partial charge in [0.25, 0.3) is 0 Å². The molecule has 0 spiro atoms. The largest absolute Gasteiger partial charge is 0.345 e. The van der Waals surface area contributed by atoms with Gasteiger partial charge in [0.1, 0.15) is 23.9 Å². The van der Waals surface area contributed by atoms with Gasteiger partial charge >= 0.3 is 0 Å². The molecule has 0 radical (unpaired) electrons. The second kappa shape index (κ2) is 5.44. The summed E-state index contributed by atoms with van der Waals surface area (Å²) in [6.07, 6.45) is 0.843. The Bertz CT molecular complexity index is 901. The van der Waals surface area contributed by atoms with E-state index in [0.717, 1.165) is 6.42 Å². The van der Waals surface area contributed by atoms with Crippen molar-refractivity contribution in [3.05, 3.63) is 64.9 Å². The maximum atomic E-state index is 9.08. The molecule has 0 bridgehead atoms. The minimum atomic E-state index is -0.216. The van der Waals surface area contributed by atoms with Gasteiger partial charge in [-0.15, -0.1) is 0 Å². The molecule has 1 aliphatic carbocycles. The number of benzene rings is 2. The van der Waals surface area contributed by atoms with Crippen molar-refractivity contribution in [3.63, 3.8) is 0 Å². The Morgan fingerprint density at radius 3 is 2.32 bits per heavy atom. The molecule has 1 aliphatic rings. The molecule has 4 heteroatoms. The van der Waals surface area contributed by atoms with Crippen LogP contribution in [0.5, 0.6) is 0 Å². The molecule has 22 heavy (non-hydrogen) atoms. The van der Waals surface area contributed by atoms with Crippen LogP contribution in [0.2, 0.25) is 0 Å². The third-order valence-electron chi connectivity index (χ3n) is 3.65. The molecule has 0 fully saturated rings. The first kappa shape index (κ1) is 13.4. The van der Waals surface area contributed by atoms with Crippen LogP contribution in [0.4, 0.5) is 5.69 Å². The van der Waals surface area contributed by atoms with Crippen LogP contribution in [0.1, 0.15) is 11.1 Å². The van der Waals surface area contributed by atoms with E-state index >= 15 is 0 Å². The van der Waals surface area contributed by atoms with Gasteiger partial charge in [-0.3, -0.25) is 0 Å². The molecule has 1 N–H and O–H groups in total. The summed E-state index contributed by atoms with van der Waals surface area (Å²) in [6.45, 7) is 0. The number of fused-ring (bicyclic) bond motifs is 3. The highest BCUT2D eigenvalue weighted by molar-refractivity contribution is 5.79. The number of nitrogens with one attached hydrogen (secondary N) is 1. The highest BCUT2D eigenvalue weighted by atomic mass is 14.9. The van der Waals surface area contributed by atoms with E-state index in [9.17, 15) is 0 Å². The topological polar surface area (TPSA) is 83.4 Å². The predicted octanol–water partition coefficient (Wildman–Crippen LogP) is 3.49. The van der Waals surface area contributed by atoms with Gasteiger partial charge in [0, 0.05) is 5.69 Å². The third-order valence-corrected chi connectivity index (χ3v) is 3.65. The standard InChI is InChI=1S/C18H10N4/c19-9-14(10-20)18(11-21)22-15-5-6-17-13(8-15)7-12-3-1-2-4-16(12)17/h1-6,8,22H,7H2. The van der Waals surface area contributed by atoms with E-state index in [-0.39, 0.29) is 11.3 Å². The van der Waals surface area contributed by atoms with E-state index in [1.807, 2.05) is 36.4 Å². The van der Waals surface area contributed by atoms with Crippen molar-refractivity contribution < 1.29 is 0 Å². The summed E-state index contributed by atoms with van der Waals surface area (Å²) in [5.41, 5.74) is 5.32. The minimum Gasteiger partial charge on any atom is -0.345 e.